The Bertz CT molecular complexity index is 2190. The summed E-state index contributed by atoms with van der Waals surface area (Å²) in [6.07, 6.45) is 67.0. The van der Waals surface area contributed by atoms with Crippen LogP contribution in [0.25, 0.3) is 0 Å². The normalized spacial score (nSPS) is 25.2. The molecule has 0 saturated carbocycles. The molecular formula is C92H171NO18. The highest BCUT2D eigenvalue weighted by atomic mass is 16.8. The van der Waals surface area contributed by atoms with E-state index < -0.39 is 124 Å². The number of carbonyl (C=O) groups is 1. The number of aliphatic hydroxyl groups is 11. The Balaban J connectivity index is 1.29. The molecule has 111 heavy (non-hydrogen) atoms. The molecule has 652 valence electrons. The molecular weight excluding hydrogens is 1410 g/mol. The Morgan fingerprint density at radius 1 is 0.324 bits per heavy atom. The van der Waals surface area contributed by atoms with Crippen molar-refractivity contribution >= 4 is 5.91 Å². The predicted molar refractivity (Wildman–Crippen MR) is 448 cm³/mol. The Labute approximate surface area is 675 Å². The van der Waals surface area contributed by atoms with Gasteiger partial charge in [-0.05, 0) is 57.8 Å². The van der Waals surface area contributed by atoms with Crippen LogP contribution in [0.15, 0.2) is 48.6 Å². The van der Waals surface area contributed by atoms with Gasteiger partial charge in [0.1, 0.15) is 73.2 Å². The van der Waals surface area contributed by atoms with Gasteiger partial charge in [-0.15, -0.1) is 0 Å². The van der Waals surface area contributed by atoms with Gasteiger partial charge in [-0.25, -0.2) is 0 Å². The van der Waals surface area contributed by atoms with Crippen LogP contribution in [-0.4, -0.2) is 193 Å². The van der Waals surface area contributed by atoms with E-state index in [2.05, 4.69) is 55.6 Å². The van der Waals surface area contributed by atoms with Crippen LogP contribution in [0.5, 0.6) is 0 Å². The quantitative estimate of drug-likeness (QED) is 0.0199. The number of ether oxygens (including phenoxy) is 6. The van der Waals surface area contributed by atoms with Gasteiger partial charge in [0.25, 0.3) is 0 Å². The molecule has 17 atom stereocenters. The monoisotopic (exact) mass is 1580 g/mol. The minimum atomic E-state index is -1.98. The van der Waals surface area contributed by atoms with Crippen LogP contribution in [0, 0.1) is 0 Å². The molecule has 0 aliphatic carbocycles. The van der Waals surface area contributed by atoms with Gasteiger partial charge in [-0.1, -0.05) is 383 Å². The second kappa shape index (κ2) is 71.8. The molecule has 3 heterocycles. The first-order valence-electron chi connectivity index (χ1n) is 46.4. The summed E-state index contributed by atoms with van der Waals surface area (Å²) in [6, 6.07) is -0.974. The van der Waals surface area contributed by atoms with Crippen LogP contribution in [0.2, 0.25) is 0 Å². The second-order valence-electron chi connectivity index (χ2n) is 33.1. The molecule has 12 N–H and O–H groups in total. The van der Waals surface area contributed by atoms with Crippen LogP contribution < -0.4 is 5.32 Å². The standard InChI is InChI=1S/C92H171NO18/c1-3-5-7-9-11-13-15-17-19-21-23-25-27-29-30-31-32-33-34-35-36-37-38-39-40-41-42-43-44-46-48-50-52-54-56-58-60-62-64-66-68-70-80(98)93-75(76(97)69-67-65-63-61-59-57-55-53-51-49-47-45-28-26-24-22-20-18-16-14-12-10-8-6-4-2)74-106-90-86(104)83(101)88(78(72-95)108-90)111-92-87(105)84(102)89(79(73-96)109-92)110-91-85(103)82(100)81(99)77(71-94)107-91/h15,17,21,23,27,29,67,69,75-79,81-92,94-97,99-105H,3-14,16,18-20,22,24-26,28,30-66,68,70-74H2,1-2H3,(H,93,98)/b17-15-,23-21-,29-27-,69-67+. The lowest BCUT2D eigenvalue weighted by Crippen LogP contribution is -2.66. The maximum atomic E-state index is 13.5. The van der Waals surface area contributed by atoms with Gasteiger partial charge in [-0.3, -0.25) is 4.79 Å². The SMILES string of the molecule is CCCCCCC/C=C\C/C=C\C/C=C\CCCCCCCCCCCCCCCCCCCCCCCCCCCCC(=O)NC(COC1OC(CO)C(OC2OC(CO)C(OC3OC(CO)C(O)C(O)C3O)C(O)C2O)C(O)C1O)C(O)/C=C/CCCCCCCCCCCCCCCCCCCCCCCCC. The number of carbonyl (C=O) groups excluding carboxylic acids is 1. The molecule has 19 nitrogen and oxygen atoms in total. The van der Waals surface area contributed by atoms with Gasteiger partial charge in [0.15, 0.2) is 18.9 Å². The van der Waals surface area contributed by atoms with E-state index in [4.69, 9.17) is 28.4 Å². The molecule has 17 unspecified atom stereocenters. The van der Waals surface area contributed by atoms with Crippen molar-refractivity contribution in [3.63, 3.8) is 0 Å². The predicted octanol–water partition coefficient (Wildman–Crippen LogP) is 18.0. The fourth-order valence-electron chi connectivity index (χ4n) is 15.7. The summed E-state index contributed by atoms with van der Waals surface area (Å²) in [6.45, 7) is 1.79. The third-order valence-corrected chi connectivity index (χ3v) is 23.1. The summed E-state index contributed by atoms with van der Waals surface area (Å²) in [7, 11) is 0. The molecule has 3 fully saturated rings. The van der Waals surface area contributed by atoms with Crippen LogP contribution >= 0.6 is 0 Å². The zero-order valence-electron chi connectivity index (χ0n) is 70.5. The maximum Gasteiger partial charge on any atom is 0.220 e. The van der Waals surface area contributed by atoms with Gasteiger partial charge >= 0.3 is 0 Å². The summed E-state index contributed by atoms with van der Waals surface area (Å²) in [5.74, 6) is -0.267. The topological polar surface area (TPSA) is 307 Å². The van der Waals surface area contributed by atoms with E-state index >= 15 is 0 Å². The number of allylic oxidation sites excluding steroid dienone is 7. The fourth-order valence-corrected chi connectivity index (χ4v) is 15.7. The molecule has 3 aliphatic heterocycles. The lowest BCUT2D eigenvalue weighted by atomic mass is 9.96. The molecule has 0 radical (unpaired) electrons. The van der Waals surface area contributed by atoms with Gasteiger partial charge in [-0.2, -0.15) is 0 Å². The largest absolute Gasteiger partial charge is 0.394 e. The van der Waals surface area contributed by atoms with Crippen molar-refractivity contribution in [1.29, 1.82) is 0 Å². The Morgan fingerprint density at radius 3 is 0.928 bits per heavy atom. The number of aliphatic hydroxyl groups excluding tert-OH is 11. The zero-order chi connectivity index (χ0) is 80.3. The zero-order valence-corrected chi connectivity index (χ0v) is 70.5. The van der Waals surface area contributed by atoms with E-state index in [0.717, 1.165) is 57.8 Å². The second-order valence-corrected chi connectivity index (χ2v) is 33.1. The van der Waals surface area contributed by atoms with Crippen molar-refractivity contribution in [3.8, 4) is 0 Å². The van der Waals surface area contributed by atoms with Gasteiger partial charge in [0, 0.05) is 6.42 Å². The smallest absolute Gasteiger partial charge is 0.220 e. The third-order valence-electron chi connectivity index (χ3n) is 23.1. The minimum absolute atomic E-state index is 0.248. The molecule has 3 saturated heterocycles. The van der Waals surface area contributed by atoms with Gasteiger partial charge in [0.2, 0.25) is 5.91 Å². The van der Waals surface area contributed by atoms with E-state index in [1.165, 1.54) is 315 Å². The summed E-state index contributed by atoms with van der Waals surface area (Å²) in [5, 5.41) is 121. The van der Waals surface area contributed by atoms with Crippen molar-refractivity contribution in [2.45, 2.75) is 503 Å². The molecule has 19 heteroatoms. The molecule has 3 aliphatic rings. The number of unbranched alkanes of at least 4 members (excludes halogenated alkanes) is 54. The van der Waals surface area contributed by atoms with Crippen LogP contribution in [0.4, 0.5) is 0 Å². The molecule has 0 aromatic carbocycles. The maximum absolute atomic E-state index is 13.5. The number of rotatable bonds is 76. The van der Waals surface area contributed by atoms with E-state index in [-0.39, 0.29) is 18.9 Å². The molecule has 0 bridgehead atoms. The Hall–Kier alpha value is -2.25. The van der Waals surface area contributed by atoms with E-state index in [1.807, 2.05) is 6.08 Å². The summed E-state index contributed by atoms with van der Waals surface area (Å²) >= 11 is 0. The number of amides is 1. The van der Waals surface area contributed by atoms with Crippen LogP contribution in [0.1, 0.15) is 399 Å². The lowest BCUT2D eigenvalue weighted by Gasteiger charge is -2.48. The van der Waals surface area contributed by atoms with Crippen molar-refractivity contribution in [2.75, 3.05) is 26.4 Å². The van der Waals surface area contributed by atoms with Crippen LogP contribution in [0.3, 0.4) is 0 Å². The number of nitrogens with one attached hydrogen (secondary N) is 1. The Kier molecular flexibility index (Phi) is 66.6. The Morgan fingerprint density at radius 2 is 0.595 bits per heavy atom. The van der Waals surface area contributed by atoms with Gasteiger partial charge in [0.05, 0.1) is 38.6 Å². The summed E-state index contributed by atoms with van der Waals surface area (Å²) in [5.41, 5.74) is 0. The highest BCUT2D eigenvalue weighted by Gasteiger charge is 2.54. The van der Waals surface area contributed by atoms with E-state index in [9.17, 15) is 61.0 Å². The molecule has 3 rings (SSSR count). The van der Waals surface area contributed by atoms with Crippen LogP contribution in [-0.2, 0) is 33.2 Å². The molecule has 0 spiro atoms. The first-order valence-corrected chi connectivity index (χ1v) is 46.4. The van der Waals surface area contributed by atoms with Gasteiger partial charge < -0.3 is 89.9 Å². The van der Waals surface area contributed by atoms with Crippen molar-refractivity contribution in [1.82, 2.24) is 5.32 Å². The highest BCUT2D eigenvalue weighted by molar-refractivity contribution is 5.76. The number of hydrogen-bond acceptors (Lipinski definition) is 18. The van der Waals surface area contributed by atoms with Crippen molar-refractivity contribution in [2.24, 2.45) is 0 Å². The molecule has 0 aromatic rings. The van der Waals surface area contributed by atoms with Crippen molar-refractivity contribution in [3.05, 3.63) is 48.6 Å². The summed E-state index contributed by atoms with van der Waals surface area (Å²) in [4.78, 5) is 13.5. The van der Waals surface area contributed by atoms with Crippen molar-refractivity contribution < 1.29 is 89.4 Å². The highest BCUT2D eigenvalue weighted by Crippen LogP contribution is 2.34. The van der Waals surface area contributed by atoms with E-state index in [1.54, 1.807) is 6.08 Å². The third kappa shape index (κ3) is 50.3. The molecule has 0 aromatic heterocycles. The minimum Gasteiger partial charge on any atom is -0.394 e. The molecule has 1 amide bonds. The first kappa shape index (κ1) is 103. The fraction of sp³-hybridized carbons (Fsp3) is 0.902. The number of hydrogen-bond donors (Lipinski definition) is 12. The average Bonchev–Trinajstić information content (AvgIpc) is 0.780. The average molecular weight is 1580 g/mol. The van der Waals surface area contributed by atoms with E-state index in [0.29, 0.717) is 6.42 Å². The first-order chi connectivity index (χ1) is 54.3. The summed E-state index contributed by atoms with van der Waals surface area (Å²) < 4.78 is 34.5. The lowest BCUT2D eigenvalue weighted by molar-refractivity contribution is -0.379.